The molecule has 2 nitrogen and oxygen atoms in total. The van der Waals surface area contributed by atoms with Crippen LogP contribution in [0.5, 0.6) is 11.5 Å². The molecular weight excluding hydrogens is 519 g/mol. The Bertz CT molecular complexity index is 1690. The molecule has 0 heterocycles. The molecule has 0 aromatic heterocycles. The van der Waals surface area contributed by atoms with Crippen LogP contribution >= 0.6 is 7.14 Å². The maximum atomic E-state index is 16.1. The summed E-state index contributed by atoms with van der Waals surface area (Å²) in [6.45, 7) is 0. The normalized spacial score (nSPS) is 17.2. The SMILES string of the molecule is O=P(c1ccc2ccccc2c1-c1c(Oc2ccccc2)ccc2ccccc12)(C1CCCCC1)C1CCCCC1. The highest BCUT2D eigenvalue weighted by Gasteiger charge is 2.44. The van der Waals surface area contributed by atoms with Crippen LogP contribution in [0.3, 0.4) is 0 Å². The van der Waals surface area contributed by atoms with Crippen LogP contribution < -0.4 is 10.0 Å². The van der Waals surface area contributed by atoms with E-state index in [9.17, 15) is 0 Å². The third-order valence-corrected chi connectivity index (χ3v) is 14.0. The Morgan fingerprint density at radius 3 is 1.63 bits per heavy atom. The minimum Gasteiger partial charge on any atom is -0.457 e. The van der Waals surface area contributed by atoms with Gasteiger partial charge in [-0.2, -0.15) is 0 Å². The third kappa shape index (κ3) is 4.91. The van der Waals surface area contributed by atoms with Crippen molar-refractivity contribution in [1.82, 2.24) is 0 Å². The standard InChI is InChI=1S/C38H39O2P/c39-41(31-18-6-2-7-19-31,32-20-8-3-9-21-32)36-27-25-29-15-11-13-23-34(29)38(36)37-33-22-12-10-14-28(33)24-26-35(37)40-30-16-4-1-5-17-30/h1,4-5,10-17,22-27,31-32H,2-3,6-9,18-21H2. The van der Waals surface area contributed by atoms with Crippen molar-refractivity contribution >= 4 is 34.0 Å². The van der Waals surface area contributed by atoms with E-state index in [1.807, 2.05) is 30.3 Å². The number of para-hydroxylation sites is 1. The highest BCUT2D eigenvalue weighted by Crippen LogP contribution is 2.64. The second kappa shape index (κ2) is 11.5. The largest absolute Gasteiger partial charge is 0.457 e. The lowest BCUT2D eigenvalue weighted by Gasteiger charge is -2.39. The number of hydrogen-bond acceptors (Lipinski definition) is 2. The first-order valence-corrected chi connectivity index (χ1v) is 17.4. The average molecular weight is 559 g/mol. The lowest BCUT2D eigenvalue weighted by molar-refractivity contribution is 0.453. The Kier molecular flexibility index (Phi) is 7.44. The van der Waals surface area contributed by atoms with Crippen molar-refractivity contribution < 1.29 is 9.30 Å². The van der Waals surface area contributed by atoms with Crippen LogP contribution in [-0.4, -0.2) is 11.3 Å². The van der Waals surface area contributed by atoms with Crippen molar-refractivity contribution in [2.24, 2.45) is 0 Å². The van der Waals surface area contributed by atoms with Gasteiger partial charge in [-0.3, -0.25) is 0 Å². The van der Waals surface area contributed by atoms with Crippen LogP contribution in [0, 0.1) is 0 Å². The molecule has 41 heavy (non-hydrogen) atoms. The molecule has 5 aromatic rings. The van der Waals surface area contributed by atoms with E-state index in [2.05, 4.69) is 72.8 Å². The lowest BCUT2D eigenvalue weighted by Crippen LogP contribution is -2.30. The molecule has 7 rings (SSSR count). The Hall–Kier alpha value is -3.35. The molecule has 0 radical (unpaired) electrons. The summed E-state index contributed by atoms with van der Waals surface area (Å²) >= 11 is 0. The van der Waals surface area contributed by atoms with E-state index in [4.69, 9.17) is 4.74 Å². The third-order valence-electron chi connectivity index (χ3n) is 9.63. The zero-order valence-electron chi connectivity index (χ0n) is 23.8. The van der Waals surface area contributed by atoms with Crippen molar-refractivity contribution in [2.45, 2.75) is 75.5 Å². The molecule has 0 unspecified atom stereocenters. The predicted octanol–water partition coefficient (Wildman–Crippen LogP) is 11.1. The fourth-order valence-corrected chi connectivity index (χ4v) is 12.2. The van der Waals surface area contributed by atoms with E-state index in [1.54, 1.807) is 0 Å². The van der Waals surface area contributed by atoms with E-state index < -0.39 is 7.14 Å². The summed E-state index contributed by atoms with van der Waals surface area (Å²) < 4.78 is 22.8. The van der Waals surface area contributed by atoms with Gasteiger partial charge in [-0.25, -0.2) is 0 Å². The van der Waals surface area contributed by atoms with Gasteiger partial charge in [0.05, 0.1) is 0 Å². The molecule has 208 valence electrons. The van der Waals surface area contributed by atoms with Crippen LogP contribution in [0.1, 0.15) is 64.2 Å². The minimum absolute atomic E-state index is 0.271. The van der Waals surface area contributed by atoms with E-state index in [0.717, 1.165) is 59.0 Å². The highest BCUT2D eigenvalue weighted by molar-refractivity contribution is 7.73. The predicted molar refractivity (Wildman–Crippen MR) is 174 cm³/mol. The van der Waals surface area contributed by atoms with Gasteiger partial charge in [-0.05, 0) is 65.4 Å². The van der Waals surface area contributed by atoms with Crippen LogP contribution in [0.25, 0.3) is 32.7 Å². The molecule has 0 saturated heterocycles. The fourth-order valence-electron chi connectivity index (χ4n) is 7.64. The average Bonchev–Trinajstić information content (AvgIpc) is 3.05. The van der Waals surface area contributed by atoms with E-state index in [0.29, 0.717) is 0 Å². The van der Waals surface area contributed by atoms with Crippen molar-refractivity contribution in [2.75, 3.05) is 0 Å². The molecular formula is C38H39O2P. The molecule has 0 bridgehead atoms. The fraction of sp³-hybridized carbons (Fsp3) is 0.316. The minimum atomic E-state index is -2.77. The van der Waals surface area contributed by atoms with Crippen LogP contribution in [-0.2, 0) is 4.57 Å². The molecule has 5 aromatic carbocycles. The first-order chi connectivity index (χ1) is 20.2. The smallest absolute Gasteiger partial charge is 0.135 e. The van der Waals surface area contributed by atoms with Gasteiger partial charge in [0, 0.05) is 27.7 Å². The summed E-state index contributed by atoms with van der Waals surface area (Å²) in [5.41, 5.74) is 2.75. The number of rotatable bonds is 6. The molecule has 2 aliphatic carbocycles. The molecule has 0 aliphatic heterocycles. The summed E-state index contributed by atoms with van der Waals surface area (Å²) in [6.07, 6.45) is 11.7. The van der Waals surface area contributed by atoms with Gasteiger partial charge in [0.25, 0.3) is 0 Å². The maximum Gasteiger partial charge on any atom is 0.135 e. The molecule has 0 amide bonds. The summed E-state index contributed by atoms with van der Waals surface area (Å²) in [4.78, 5) is 0. The molecule has 0 atom stereocenters. The van der Waals surface area contributed by atoms with Gasteiger partial charge in [-0.1, -0.05) is 123 Å². The molecule has 2 fully saturated rings. The molecule has 2 saturated carbocycles. The number of fused-ring (bicyclic) bond motifs is 2. The van der Waals surface area contributed by atoms with E-state index in [1.165, 1.54) is 54.7 Å². The number of benzene rings is 5. The van der Waals surface area contributed by atoms with Crippen molar-refractivity contribution in [1.29, 1.82) is 0 Å². The summed E-state index contributed by atoms with van der Waals surface area (Å²) in [6, 6.07) is 36.1. The topological polar surface area (TPSA) is 26.3 Å². The quantitative estimate of drug-likeness (QED) is 0.194. The van der Waals surface area contributed by atoms with E-state index >= 15 is 4.57 Å². The van der Waals surface area contributed by atoms with Gasteiger partial charge >= 0.3 is 0 Å². The van der Waals surface area contributed by atoms with Gasteiger partial charge < -0.3 is 9.30 Å². The van der Waals surface area contributed by atoms with Crippen LogP contribution in [0.4, 0.5) is 0 Å². The van der Waals surface area contributed by atoms with E-state index in [-0.39, 0.29) is 11.3 Å². The molecule has 0 N–H and O–H groups in total. The summed E-state index contributed by atoms with van der Waals surface area (Å²) in [5.74, 6) is 1.64. The van der Waals surface area contributed by atoms with Crippen LogP contribution in [0.2, 0.25) is 0 Å². The first-order valence-electron chi connectivity index (χ1n) is 15.6. The lowest BCUT2D eigenvalue weighted by atomic mass is 9.93. The van der Waals surface area contributed by atoms with Crippen molar-refractivity contribution in [3.05, 3.63) is 103 Å². The van der Waals surface area contributed by atoms with Crippen LogP contribution in [0.15, 0.2) is 103 Å². The summed E-state index contributed by atoms with van der Waals surface area (Å²) in [7, 11) is -2.77. The van der Waals surface area contributed by atoms with Crippen molar-refractivity contribution in [3.63, 3.8) is 0 Å². The number of hydrogen-bond donors (Lipinski definition) is 0. The Morgan fingerprint density at radius 1 is 0.512 bits per heavy atom. The zero-order chi connectivity index (χ0) is 27.6. The van der Waals surface area contributed by atoms with Gasteiger partial charge in [0.15, 0.2) is 0 Å². The van der Waals surface area contributed by atoms with Crippen molar-refractivity contribution in [3.8, 4) is 22.6 Å². The first kappa shape index (κ1) is 26.5. The second-order valence-electron chi connectivity index (χ2n) is 12.0. The Balaban J connectivity index is 1.55. The summed E-state index contributed by atoms with van der Waals surface area (Å²) in [5, 5.41) is 5.78. The Morgan fingerprint density at radius 2 is 1.02 bits per heavy atom. The number of ether oxygens (including phenoxy) is 1. The second-order valence-corrected chi connectivity index (χ2v) is 15.4. The van der Waals surface area contributed by atoms with Gasteiger partial charge in [0.1, 0.15) is 18.6 Å². The monoisotopic (exact) mass is 558 g/mol. The molecule has 0 spiro atoms. The van der Waals surface area contributed by atoms with Gasteiger partial charge in [-0.15, -0.1) is 0 Å². The molecule has 2 aliphatic rings. The Labute approximate surface area is 244 Å². The maximum absolute atomic E-state index is 16.1. The highest BCUT2D eigenvalue weighted by atomic mass is 31.2. The molecule has 3 heteroatoms. The zero-order valence-corrected chi connectivity index (χ0v) is 24.7. The van der Waals surface area contributed by atoms with Gasteiger partial charge in [0.2, 0.25) is 0 Å².